The Labute approximate surface area is 78.3 Å². The minimum atomic E-state index is 0.679. The van der Waals surface area contributed by atoms with Crippen LogP contribution in [0.25, 0.3) is 0 Å². The number of hydrogen-bond acceptors (Lipinski definition) is 2. The number of piperidine rings is 1. The molecule has 1 aromatic carbocycles. The summed E-state index contributed by atoms with van der Waals surface area (Å²) in [4.78, 5) is 0. The lowest BCUT2D eigenvalue weighted by Crippen LogP contribution is -2.38. The van der Waals surface area contributed by atoms with E-state index in [4.69, 9.17) is 0 Å². The van der Waals surface area contributed by atoms with Crippen LogP contribution in [0.2, 0.25) is 0 Å². The third-order valence-electron chi connectivity index (χ3n) is 3.18. The Hall–Kier alpha value is -1.02. The quantitative estimate of drug-likeness (QED) is 0.623. The van der Waals surface area contributed by atoms with Gasteiger partial charge in [-0.15, -0.1) is 0 Å². The maximum atomic E-state index is 3.60. The van der Waals surface area contributed by atoms with Crippen molar-refractivity contribution >= 4 is 5.69 Å². The molecule has 2 aliphatic rings. The molecule has 2 heteroatoms. The fourth-order valence-corrected chi connectivity index (χ4v) is 2.51. The second-order valence-corrected chi connectivity index (χ2v) is 3.94. The number of fused-ring (bicyclic) bond motifs is 3. The van der Waals surface area contributed by atoms with E-state index >= 15 is 0 Å². The van der Waals surface area contributed by atoms with E-state index in [0.29, 0.717) is 12.0 Å². The monoisotopic (exact) mass is 174 g/mol. The van der Waals surface area contributed by atoms with Gasteiger partial charge in [0.25, 0.3) is 0 Å². The number of para-hydroxylation sites is 1. The zero-order valence-corrected chi connectivity index (χ0v) is 7.59. The summed E-state index contributed by atoms with van der Waals surface area (Å²) in [5, 5.41) is 7.05. The molecular formula is C11H14N2. The van der Waals surface area contributed by atoms with E-state index in [9.17, 15) is 0 Å². The fraction of sp³-hybridized carbons (Fsp3) is 0.455. The highest BCUT2D eigenvalue weighted by molar-refractivity contribution is 5.59. The number of benzene rings is 1. The molecule has 0 bridgehead atoms. The van der Waals surface area contributed by atoms with Crippen molar-refractivity contribution in [2.24, 2.45) is 0 Å². The number of hydrogen-bond donors (Lipinski definition) is 2. The van der Waals surface area contributed by atoms with Gasteiger partial charge in [-0.25, -0.2) is 0 Å². The predicted octanol–water partition coefficient (Wildman–Crippen LogP) is 1.56. The molecule has 2 aliphatic heterocycles. The lowest BCUT2D eigenvalue weighted by atomic mass is 9.91. The van der Waals surface area contributed by atoms with E-state index in [-0.39, 0.29) is 0 Å². The molecule has 0 unspecified atom stereocenters. The van der Waals surface area contributed by atoms with E-state index in [2.05, 4.69) is 34.9 Å². The van der Waals surface area contributed by atoms with E-state index in [0.717, 1.165) is 13.1 Å². The van der Waals surface area contributed by atoms with Crippen molar-refractivity contribution in [1.82, 2.24) is 5.32 Å². The molecule has 1 saturated heterocycles. The van der Waals surface area contributed by atoms with Crippen molar-refractivity contribution in [2.75, 3.05) is 18.4 Å². The number of anilines is 1. The fourth-order valence-electron chi connectivity index (χ4n) is 2.51. The van der Waals surface area contributed by atoms with Gasteiger partial charge < -0.3 is 10.6 Å². The van der Waals surface area contributed by atoms with Gasteiger partial charge in [-0.05, 0) is 24.6 Å². The Morgan fingerprint density at radius 3 is 3.15 bits per heavy atom. The summed E-state index contributed by atoms with van der Waals surface area (Å²) in [5.74, 6) is 0.699. The van der Waals surface area contributed by atoms with Crippen LogP contribution in [-0.2, 0) is 0 Å². The van der Waals surface area contributed by atoms with Crippen LogP contribution < -0.4 is 10.6 Å². The standard InChI is InChI=1S/C11H14N2/c1-2-4-10-8(3-1)9-7-12-6-5-11(9)13-10/h1-4,9,11-13H,5-7H2/t9-,11+/m0/s1. The minimum Gasteiger partial charge on any atom is -0.381 e. The van der Waals surface area contributed by atoms with Gasteiger partial charge in [-0.2, -0.15) is 0 Å². The van der Waals surface area contributed by atoms with Crippen molar-refractivity contribution in [1.29, 1.82) is 0 Å². The summed E-state index contributed by atoms with van der Waals surface area (Å²) in [7, 11) is 0. The van der Waals surface area contributed by atoms with Crippen LogP contribution in [-0.4, -0.2) is 19.1 Å². The summed E-state index contributed by atoms with van der Waals surface area (Å²) < 4.78 is 0. The molecule has 2 N–H and O–H groups in total. The smallest absolute Gasteiger partial charge is 0.0379 e. The molecule has 1 aromatic rings. The van der Waals surface area contributed by atoms with E-state index in [1.165, 1.54) is 17.7 Å². The summed E-state index contributed by atoms with van der Waals surface area (Å²) in [6.45, 7) is 2.29. The molecule has 68 valence electrons. The molecule has 0 radical (unpaired) electrons. The first kappa shape index (κ1) is 7.39. The molecule has 2 atom stereocenters. The van der Waals surface area contributed by atoms with E-state index < -0.39 is 0 Å². The van der Waals surface area contributed by atoms with Crippen molar-refractivity contribution in [3.8, 4) is 0 Å². The van der Waals surface area contributed by atoms with Crippen molar-refractivity contribution in [3.05, 3.63) is 29.8 Å². The zero-order chi connectivity index (χ0) is 8.67. The second-order valence-electron chi connectivity index (χ2n) is 3.94. The lowest BCUT2D eigenvalue weighted by molar-refractivity contribution is 0.440. The molecule has 13 heavy (non-hydrogen) atoms. The molecule has 0 aromatic heterocycles. The molecule has 2 nitrogen and oxygen atoms in total. The lowest BCUT2D eigenvalue weighted by Gasteiger charge is -2.26. The largest absolute Gasteiger partial charge is 0.381 e. The first-order valence-corrected chi connectivity index (χ1v) is 5.01. The van der Waals surface area contributed by atoms with Crippen LogP contribution in [0.3, 0.4) is 0 Å². The third-order valence-corrected chi connectivity index (χ3v) is 3.18. The first-order valence-electron chi connectivity index (χ1n) is 5.01. The van der Waals surface area contributed by atoms with Crippen molar-refractivity contribution < 1.29 is 0 Å². The van der Waals surface area contributed by atoms with Gasteiger partial charge in [0.15, 0.2) is 0 Å². The maximum absolute atomic E-state index is 3.60. The van der Waals surface area contributed by atoms with Crippen molar-refractivity contribution in [3.63, 3.8) is 0 Å². The van der Waals surface area contributed by atoms with Gasteiger partial charge in [-0.3, -0.25) is 0 Å². The average molecular weight is 174 g/mol. The van der Waals surface area contributed by atoms with Gasteiger partial charge in [0.2, 0.25) is 0 Å². The van der Waals surface area contributed by atoms with Crippen LogP contribution >= 0.6 is 0 Å². The topological polar surface area (TPSA) is 24.1 Å². The molecule has 0 saturated carbocycles. The highest BCUT2D eigenvalue weighted by Crippen LogP contribution is 2.37. The Morgan fingerprint density at radius 1 is 1.23 bits per heavy atom. The molecule has 0 amide bonds. The van der Waals surface area contributed by atoms with Crippen LogP contribution in [0.4, 0.5) is 5.69 Å². The van der Waals surface area contributed by atoms with Gasteiger partial charge in [-0.1, -0.05) is 18.2 Å². The summed E-state index contributed by atoms with van der Waals surface area (Å²) in [6, 6.07) is 9.36. The molecule has 2 heterocycles. The molecule has 1 fully saturated rings. The van der Waals surface area contributed by atoms with Crippen LogP contribution in [0, 0.1) is 0 Å². The Kier molecular flexibility index (Phi) is 1.56. The van der Waals surface area contributed by atoms with E-state index in [1.807, 2.05) is 0 Å². The van der Waals surface area contributed by atoms with Crippen LogP contribution in [0.5, 0.6) is 0 Å². The number of nitrogens with one attached hydrogen (secondary N) is 2. The average Bonchev–Trinajstić information content (AvgIpc) is 2.56. The zero-order valence-electron chi connectivity index (χ0n) is 7.59. The third kappa shape index (κ3) is 1.05. The summed E-state index contributed by atoms with van der Waals surface area (Å²) in [5.41, 5.74) is 2.85. The molecule has 0 spiro atoms. The van der Waals surface area contributed by atoms with Crippen molar-refractivity contribution in [2.45, 2.75) is 18.4 Å². The molecule has 0 aliphatic carbocycles. The van der Waals surface area contributed by atoms with Gasteiger partial charge in [0.05, 0.1) is 0 Å². The number of rotatable bonds is 0. The van der Waals surface area contributed by atoms with Crippen LogP contribution in [0.15, 0.2) is 24.3 Å². The van der Waals surface area contributed by atoms with Gasteiger partial charge >= 0.3 is 0 Å². The summed E-state index contributed by atoms with van der Waals surface area (Å²) >= 11 is 0. The highest BCUT2D eigenvalue weighted by atomic mass is 15.0. The van der Waals surface area contributed by atoms with E-state index in [1.54, 1.807) is 0 Å². The van der Waals surface area contributed by atoms with Gasteiger partial charge in [0, 0.05) is 24.2 Å². The second kappa shape index (κ2) is 2.74. The maximum Gasteiger partial charge on any atom is 0.0379 e. The van der Waals surface area contributed by atoms with Crippen LogP contribution in [0.1, 0.15) is 17.9 Å². The normalized spacial score (nSPS) is 30.5. The Balaban J connectivity index is 2.01. The van der Waals surface area contributed by atoms with Gasteiger partial charge in [0.1, 0.15) is 0 Å². The first-order chi connectivity index (χ1) is 6.45. The minimum absolute atomic E-state index is 0.679. The molecular weight excluding hydrogens is 160 g/mol. The Bertz CT molecular complexity index is 322. The highest BCUT2D eigenvalue weighted by Gasteiger charge is 2.33. The molecule has 3 rings (SSSR count). The summed E-state index contributed by atoms with van der Waals surface area (Å²) in [6.07, 6.45) is 1.25. The Morgan fingerprint density at radius 2 is 2.15 bits per heavy atom. The SMILES string of the molecule is c1ccc2c(c1)N[C@@H]1CCNC[C@@H]21. The predicted molar refractivity (Wildman–Crippen MR) is 54.1 cm³/mol.